The molecule has 0 saturated heterocycles. The zero-order chi connectivity index (χ0) is 14.7. The van der Waals surface area contributed by atoms with Crippen molar-refractivity contribution in [2.75, 3.05) is 0 Å². The summed E-state index contributed by atoms with van der Waals surface area (Å²) in [5.74, 6) is -0.0973. The molecule has 2 aromatic heterocycles. The summed E-state index contributed by atoms with van der Waals surface area (Å²) in [6.45, 7) is 2.51. The van der Waals surface area contributed by atoms with E-state index in [9.17, 15) is 4.79 Å². The molecule has 0 aliphatic heterocycles. The van der Waals surface area contributed by atoms with Crippen molar-refractivity contribution in [1.82, 2.24) is 15.3 Å². The van der Waals surface area contributed by atoms with Gasteiger partial charge in [-0.25, -0.2) is 0 Å². The number of pyridine rings is 2. The van der Waals surface area contributed by atoms with Gasteiger partial charge in [-0.1, -0.05) is 6.07 Å². The van der Waals surface area contributed by atoms with E-state index in [0.29, 0.717) is 12.1 Å². The fraction of sp³-hybridized carbons (Fsp3) is 0.118. The van der Waals surface area contributed by atoms with Crippen LogP contribution in [0.5, 0.6) is 0 Å². The Hall–Kier alpha value is -2.75. The van der Waals surface area contributed by atoms with Gasteiger partial charge in [0.05, 0.1) is 5.52 Å². The van der Waals surface area contributed by atoms with Crippen LogP contribution in [0, 0.1) is 6.92 Å². The van der Waals surface area contributed by atoms with Gasteiger partial charge in [0.2, 0.25) is 0 Å². The zero-order valence-electron chi connectivity index (χ0n) is 11.7. The van der Waals surface area contributed by atoms with E-state index >= 15 is 0 Å². The topological polar surface area (TPSA) is 54.9 Å². The van der Waals surface area contributed by atoms with Gasteiger partial charge in [0, 0.05) is 36.1 Å². The molecule has 3 rings (SSSR count). The van der Waals surface area contributed by atoms with Crippen LogP contribution in [0.25, 0.3) is 10.9 Å². The van der Waals surface area contributed by atoms with Gasteiger partial charge in [-0.15, -0.1) is 0 Å². The summed E-state index contributed by atoms with van der Waals surface area (Å²) in [5.41, 5.74) is 3.76. The van der Waals surface area contributed by atoms with Gasteiger partial charge < -0.3 is 5.32 Å². The molecule has 0 aliphatic rings. The minimum Gasteiger partial charge on any atom is -0.348 e. The quantitative estimate of drug-likeness (QED) is 0.801. The van der Waals surface area contributed by atoms with E-state index in [1.54, 1.807) is 24.5 Å². The molecule has 1 amide bonds. The van der Waals surface area contributed by atoms with Crippen LogP contribution >= 0.6 is 0 Å². The molecule has 0 radical (unpaired) electrons. The van der Waals surface area contributed by atoms with Gasteiger partial charge in [0.1, 0.15) is 0 Å². The summed E-state index contributed by atoms with van der Waals surface area (Å²) in [4.78, 5) is 20.3. The summed E-state index contributed by atoms with van der Waals surface area (Å²) in [7, 11) is 0. The average molecular weight is 277 g/mol. The molecule has 4 nitrogen and oxygen atoms in total. The van der Waals surface area contributed by atoms with E-state index in [1.165, 1.54) is 0 Å². The Morgan fingerprint density at radius 3 is 2.76 bits per heavy atom. The largest absolute Gasteiger partial charge is 0.348 e. The van der Waals surface area contributed by atoms with Crippen LogP contribution in [0.1, 0.15) is 21.5 Å². The van der Waals surface area contributed by atoms with Crippen LogP contribution in [0.3, 0.4) is 0 Å². The van der Waals surface area contributed by atoms with E-state index in [2.05, 4.69) is 27.4 Å². The predicted octanol–water partition coefficient (Wildman–Crippen LogP) is 2.87. The maximum absolute atomic E-state index is 12.0. The second-order valence-electron chi connectivity index (χ2n) is 4.96. The number of nitrogens with one attached hydrogen (secondary N) is 1. The molecule has 0 saturated carbocycles. The lowest BCUT2D eigenvalue weighted by atomic mass is 10.1. The number of hydrogen-bond acceptors (Lipinski definition) is 3. The van der Waals surface area contributed by atoms with E-state index in [0.717, 1.165) is 22.0 Å². The van der Waals surface area contributed by atoms with Crippen LogP contribution in [-0.4, -0.2) is 15.9 Å². The standard InChI is InChI=1S/C17H15N3O/c1-12-8-15-9-13(2-3-16(15)19-10-12)11-20-17(21)14-4-6-18-7-5-14/h2-10H,11H2,1H3,(H,20,21). The van der Waals surface area contributed by atoms with Crippen molar-refractivity contribution in [2.24, 2.45) is 0 Å². The maximum atomic E-state index is 12.0. The highest BCUT2D eigenvalue weighted by atomic mass is 16.1. The van der Waals surface area contributed by atoms with Crippen molar-refractivity contribution < 1.29 is 4.79 Å². The minimum absolute atomic E-state index is 0.0973. The molecule has 0 fully saturated rings. The van der Waals surface area contributed by atoms with Crippen LogP contribution in [0.2, 0.25) is 0 Å². The Bertz CT molecular complexity index is 784. The third kappa shape index (κ3) is 3.05. The fourth-order valence-corrected chi connectivity index (χ4v) is 2.19. The molecule has 3 aromatic rings. The summed E-state index contributed by atoms with van der Waals surface area (Å²) < 4.78 is 0. The Morgan fingerprint density at radius 2 is 1.95 bits per heavy atom. The van der Waals surface area contributed by atoms with Crippen molar-refractivity contribution >= 4 is 16.8 Å². The van der Waals surface area contributed by atoms with Crippen LogP contribution in [0.15, 0.2) is 55.0 Å². The normalized spacial score (nSPS) is 10.5. The lowest BCUT2D eigenvalue weighted by molar-refractivity contribution is 0.0951. The Labute approximate surface area is 122 Å². The monoisotopic (exact) mass is 277 g/mol. The first kappa shape index (κ1) is 13.2. The molecule has 21 heavy (non-hydrogen) atoms. The van der Waals surface area contributed by atoms with Gasteiger partial charge in [-0.3, -0.25) is 14.8 Å². The van der Waals surface area contributed by atoms with Crippen molar-refractivity contribution in [2.45, 2.75) is 13.5 Å². The Balaban J connectivity index is 1.75. The van der Waals surface area contributed by atoms with Gasteiger partial charge >= 0.3 is 0 Å². The lowest BCUT2D eigenvalue weighted by Gasteiger charge is -2.06. The third-order valence-corrected chi connectivity index (χ3v) is 3.28. The van der Waals surface area contributed by atoms with Crippen molar-refractivity contribution in [3.8, 4) is 0 Å². The lowest BCUT2D eigenvalue weighted by Crippen LogP contribution is -2.22. The number of fused-ring (bicyclic) bond motifs is 1. The number of benzene rings is 1. The summed E-state index contributed by atoms with van der Waals surface area (Å²) in [6.07, 6.45) is 5.08. The van der Waals surface area contributed by atoms with Gasteiger partial charge in [0.25, 0.3) is 5.91 Å². The first-order valence-corrected chi connectivity index (χ1v) is 6.76. The van der Waals surface area contributed by atoms with Crippen molar-refractivity contribution in [3.63, 3.8) is 0 Å². The first-order chi connectivity index (χ1) is 10.2. The molecule has 104 valence electrons. The summed E-state index contributed by atoms with van der Waals surface area (Å²) in [6, 6.07) is 11.5. The first-order valence-electron chi connectivity index (χ1n) is 6.76. The third-order valence-electron chi connectivity index (χ3n) is 3.28. The van der Waals surface area contributed by atoms with Crippen LogP contribution in [0.4, 0.5) is 0 Å². The predicted molar refractivity (Wildman–Crippen MR) is 81.9 cm³/mol. The highest BCUT2D eigenvalue weighted by Gasteiger charge is 2.05. The van der Waals surface area contributed by atoms with E-state index < -0.39 is 0 Å². The molecule has 1 aromatic carbocycles. The SMILES string of the molecule is Cc1cnc2ccc(CNC(=O)c3ccncc3)cc2c1. The Kier molecular flexibility index (Phi) is 3.60. The molecule has 0 atom stereocenters. The van der Waals surface area contributed by atoms with E-state index in [-0.39, 0.29) is 5.91 Å². The molecule has 1 N–H and O–H groups in total. The second kappa shape index (κ2) is 5.71. The number of rotatable bonds is 3. The average Bonchev–Trinajstić information content (AvgIpc) is 2.53. The van der Waals surface area contributed by atoms with Crippen molar-refractivity contribution in [3.05, 3.63) is 71.7 Å². The number of nitrogens with zero attached hydrogens (tertiary/aromatic N) is 2. The highest BCUT2D eigenvalue weighted by Crippen LogP contribution is 2.15. The van der Waals surface area contributed by atoms with Crippen molar-refractivity contribution in [1.29, 1.82) is 0 Å². The Morgan fingerprint density at radius 1 is 1.14 bits per heavy atom. The molecule has 0 unspecified atom stereocenters. The van der Waals surface area contributed by atoms with E-state index in [4.69, 9.17) is 0 Å². The van der Waals surface area contributed by atoms with E-state index in [1.807, 2.05) is 25.3 Å². The number of amides is 1. The summed E-state index contributed by atoms with van der Waals surface area (Å²) in [5, 5.41) is 4.00. The number of carbonyl (C=O) groups is 1. The van der Waals surface area contributed by atoms with Crippen LogP contribution < -0.4 is 5.32 Å². The molecular weight excluding hydrogens is 262 g/mol. The molecule has 0 aliphatic carbocycles. The molecule has 4 heteroatoms. The molecule has 2 heterocycles. The summed E-state index contributed by atoms with van der Waals surface area (Å²) >= 11 is 0. The maximum Gasteiger partial charge on any atom is 0.251 e. The van der Waals surface area contributed by atoms with Gasteiger partial charge in [-0.2, -0.15) is 0 Å². The smallest absolute Gasteiger partial charge is 0.251 e. The number of hydrogen-bond donors (Lipinski definition) is 1. The number of aromatic nitrogens is 2. The highest BCUT2D eigenvalue weighted by molar-refractivity contribution is 5.94. The van der Waals surface area contributed by atoms with Crippen LogP contribution in [-0.2, 0) is 6.54 Å². The van der Waals surface area contributed by atoms with Gasteiger partial charge in [-0.05, 0) is 48.4 Å². The molecular formula is C17H15N3O. The molecule has 0 bridgehead atoms. The minimum atomic E-state index is -0.0973. The second-order valence-corrected chi connectivity index (χ2v) is 4.96. The number of carbonyl (C=O) groups excluding carboxylic acids is 1. The zero-order valence-corrected chi connectivity index (χ0v) is 11.7. The number of aryl methyl sites for hydroxylation is 1. The van der Waals surface area contributed by atoms with Gasteiger partial charge in [0.15, 0.2) is 0 Å². The fourth-order valence-electron chi connectivity index (χ4n) is 2.19. The molecule has 0 spiro atoms.